The van der Waals surface area contributed by atoms with E-state index in [4.69, 9.17) is 43.5 Å². The van der Waals surface area contributed by atoms with Crippen LogP contribution in [0.2, 0.25) is 5.02 Å². The number of esters is 1. The quantitative estimate of drug-likeness (QED) is 0.188. The molecular weight excluding hydrogens is 441 g/mol. The summed E-state index contributed by atoms with van der Waals surface area (Å²) in [5.74, 6) is -1.02. The van der Waals surface area contributed by atoms with Gasteiger partial charge in [-0.25, -0.2) is 9.59 Å². The highest BCUT2D eigenvalue weighted by Crippen LogP contribution is 2.21. The number of carboxylic acids is 1. The van der Waals surface area contributed by atoms with Gasteiger partial charge in [0.25, 0.3) is 5.56 Å². The molecule has 1 rings (SSSR count). The second kappa shape index (κ2) is 15.7. The molecule has 0 radical (unpaired) electrons. The Morgan fingerprint density at radius 3 is 2.23 bits per heavy atom. The molecule has 0 spiro atoms. The van der Waals surface area contributed by atoms with Gasteiger partial charge in [0.05, 0.1) is 0 Å². The van der Waals surface area contributed by atoms with Crippen LogP contribution in [0.25, 0.3) is 0 Å². The van der Waals surface area contributed by atoms with Gasteiger partial charge in [0.15, 0.2) is 0 Å². The summed E-state index contributed by atoms with van der Waals surface area (Å²) >= 11 is 11.8. The minimum absolute atomic E-state index is 0.235. The SMILES string of the molecule is C=C(C)C(CCC(C)CC=CC(=O)O)OC(=O)C(Cl)Oc1ccc(Cl)cc1.CC(C)N. The van der Waals surface area contributed by atoms with E-state index in [1.54, 1.807) is 37.3 Å². The molecule has 8 heteroatoms. The molecule has 3 N–H and O–H groups in total. The zero-order chi connectivity index (χ0) is 24.0. The predicted molar refractivity (Wildman–Crippen MR) is 126 cm³/mol. The molecule has 1 aromatic rings. The Hall–Kier alpha value is -2.02. The van der Waals surface area contributed by atoms with Crippen LogP contribution in [0.1, 0.15) is 47.0 Å². The molecule has 31 heavy (non-hydrogen) atoms. The van der Waals surface area contributed by atoms with Crippen LogP contribution in [-0.4, -0.2) is 34.8 Å². The van der Waals surface area contributed by atoms with Gasteiger partial charge in [-0.3, -0.25) is 0 Å². The number of carbonyl (C=O) groups excluding carboxylic acids is 1. The summed E-state index contributed by atoms with van der Waals surface area (Å²) < 4.78 is 10.8. The van der Waals surface area contributed by atoms with Gasteiger partial charge in [-0.05, 0) is 68.0 Å². The summed E-state index contributed by atoms with van der Waals surface area (Å²) in [7, 11) is 0. The molecule has 0 bridgehead atoms. The number of ether oxygens (including phenoxy) is 2. The highest BCUT2D eigenvalue weighted by Gasteiger charge is 2.24. The number of hydrogen-bond donors (Lipinski definition) is 2. The van der Waals surface area contributed by atoms with Gasteiger partial charge in [-0.2, -0.15) is 0 Å². The van der Waals surface area contributed by atoms with Crippen molar-refractivity contribution in [3.05, 3.63) is 53.6 Å². The van der Waals surface area contributed by atoms with E-state index in [9.17, 15) is 9.59 Å². The summed E-state index contributed by atoms with van der Waals surface area (Å²) in [6, 6.07) is 6.80. The number of aliphatic carboxylic acids is 1. The Labute approximate surface area is 195 Å². The zero-order valence-electron chi connectivity index (χ0n) is 18.5. The van der Waals surface area contributed by atoms with Crippen molar-refractivity contribution in [1.82, 2.24) is 0 Å². The lowest BCUT2D eigenvalue weighted by Crippen LogP contribution is -2.29. The highest BCUT2D eigenvalue weighted by atomic mass is 35.5. The molecule has 0 fully saturated rings. The molecule has 0 aliphatic carbocycles. The topological polar surface area (TPSA) is 98.8 Å². The summed E-state index contributed by atoms with van der Waals surface area (Å²) in [5, 5.41) is 9.15. The molecule has 6 nitrogen and oxygen atoms in total. The van der Waals surface area contributed by atoms with E-state index < -0.39 is 23.6 Å². The monoisotopic (exact) mass is 473 g/mol. The lowest BCUT2D eigenvalue weighted by atomic mass is 9.97. The molecule has 0 saturated heterocycles. The maximum absolute atomic E-state index is 12.2. The van der Waals surface area contributed by atoms with E-state index in [2.05, 4.69) is 6.58 Å². The molecule has 0 heterocycles. The molecule has 0 aliphatic rings. The fraction of sp³-hybridized carbons (Fsp3) is 0.478. The second-order valence-electron chi connectivity index (χ2n) is 7.56. The molecule has 174 valence electrons. The second-order valence-corrected chi connectivity index (χ2v) is 8.40. The van der Waals surface area contributed by atoms with Gasteiger partial charge in [0, 0.05) is 11.1 Å². The van der Waals surface area contributed by atoms with Crippen molar-refractivity contribution in [3.63, 3.8) is 0 Å². The van der Waals surface area contributed by atoms with Crippen LogP contribution in [0, 0.1) is 5.92 Å². The Bertz CT molecular complexity index is 716. The third-order valence-corrected chi connectivity index (χ3v) is 4.29. The number of nitrogens with two attached hydrogens (primary N) is 1. The molecule has 3 atom stereocenters. The molecule has 0 saturated carbocycles. The van der Waals surface area contributed by atoms with Crippen LogP contribution in [0.15, 0.2) is 48.6 Å². The molecule has 0 aromatic heterocycles. The molecular formula is C23H33Cl2NO5. The summed E-state index contributed by atoms with van der Waals surface area (Å²) in [6.07, 6.45) is 4.18. The van der Waals surface area contributed by atoms with Crippen LogP contribution in [0.4, 0.5) is 0 Å². The normalized spacial score (nSPS) is 13.7. The molecule has 0 amide bonds. The number of alkyl halides is 1. The minimum atomic E-state index is -1.29. The van der Waals surface area contributed by atoms with Crippen molar-refractivity contribution >= 4 is 35.1 Å². The van der Waals surface area contributed by atoms with Crippen molar-refractivity contribution < 1.29 is 24.2 Å². The van der Waals surface area contributed by atoms with Gasteiger partial charge in [-0.15, -0.1) is 0 Å². The van der Waals surface area contributed by atoms with Crippen molar-refractivity contribution in [3.8, 4) is 5.75 Å². The molecule has 0 aliphatic heterocycles. The number of carbonyl (C=O) groups is 2. The van der Waals surface area contributed by atoms with Crippen LogP contribution in [0.5, 0.6) is 5.75 Å². The Morgan fingerprint density at radius 2 is 1.74 bits per heavy atom. The first-order chi connectivity index (χ1) is 14.4. The number of allylic oxidation sites excluding steroid dienone is 1. The van der Waals surface area contributed by atoms with Gasteiger partial charge in [-0.1, -0.05) is 56.6 Å². The number of hydrogen-bond acceptors (Lipinski definition) is 5. The number of rotatable bonds is 11. The average Bonchev–Trinajstić information content (AvgIpc) is 2.65. The average molecular weight is 474 g/mol. The van der Waals surface area contributed by atoms with E-state index in [0.29, 0.717) is 35.2 Å². The maximum atomic E-state index is 12.2. The largest absolute Gasteiger partial charge is 0.478 e. The van der Waals surface area contributed by atoms with Crippen molar-refractivity contribution in [2.24, 2.45) is 11.7 Å². The maximum Gasteiger partial charge on any atom is 0.363 e. The van der Waals surface area contributed by atoms with Crippen molar-refractivity contribution in [2.45, 2.75) is 64.7 Å². The van der Waals surface area contributed by atoms with Gasteiger partial charge in [0.1, 0.15) is 11.9 Å². The number of halogens is 2. The van der Waals surface area contributed by atoms with Crippen molar-refractivity contribution in [2.75, 3.05) is 0 Å². The fourth-order valence-corrected chi connectivity index (χ4v) is 2.52. The summed E-state index contributed by atoms with van der Waals surface area (Å²) in [6.45, 7) is 11.5. The zero-order valence-corrected chi connectivity index (χ0v) is 20.0. The van der Waals surface area contributed by atoms with Crippen LogP contribution in [-0.2, 0) is 14.3 Å². The van der Waals surface area contributed by atoms with Gasteiger partial charge >= 0.3 is 11.9 Å². The smallest absolute Gasteiger partial charge is 0.363 e. The van der Waals surface area contributed by atoms with Gasteiger partial charge < -0.3 is 20.3 Å². The Kier molecular flexibility index (Phi) is 14.7. The lowest BCUT2D eigenvalue weighted by Gasteiger charge is -2.21. The Balaban J connectivity index is 0.00000206. The molecule has 1 aromatic carbocycles. The van der Waals surface area contributed by atoms with Crippen LogP contribution < -0.4 is 10.5 Å². The fourth-order valence-electron chi connectivity index (χ4n) is 2.24. The third-order valence-electron chi connectivity index (χ3n) is 3.77. The predicted octanol–water partition coefficient (Wildman–Crippen LogP) is 5.57. The Morgan fingerprint density at radius 1 is 1.19 bits per heavy atom. The standard InChI is InChI=1S/C20H24Cl2O5.C3H9N/c1-13(2)17(12-7-14(3)5-4-6-18(23)24)27-20(25)19(22)26-16-10-8-15(21)9-11-16;1-3(2)4/h4,6,8-11,14,17,19H,1,5,7,12H2,2-3H3,(H,23,24);3H,4H2,1-2H3. The first-order valence-electron chi connectivity index (χ1n) is 9.99. The number of benzene rings is 1. The summed E-state index contributed by atoms with van der Waals surface area (Å²) in [5.41, 5.74) is 4.52. The number of carboxylic acid groups (broad SMARTS) is 1. The summed E-state index contributed by atoms with van der Waals surface area (Å²) in [4.78, 5) is 22.7. The van der Waals surface area contributed by atoms with E-state index in [-0.39, 0.29) is 5.92 Å². The molecule has 3 unspecified atom stereocenters. The van der Waals surface area contributed by atoms with Crippen LogP contribution >= 0.6 is 23.2 Å². The minimum Gasteiger partial charge on any atom is -0.478 e. The van der Waals surface area contributed by atoms with Gasteiger partial charge in [0.2, 0.25) is 0 Å². The third kappa shape index (κ3) is 15.4. The first kappa shape index (κ1) is 29.0. The van der Waals surface area contributed by atoms with E-state index in [0.717, 1.165) is 12.5 Å². The lowest BCUT2D eigenvalue weighted by molar-refractivity contribution is -0.152. The van der Waals surface area contributed by atoms with E-state index in [1.165, 1.54) is 0 Å². The van der Waals surface area contributed by atoms with E-state index >= 15 is 0 Å². The van der Waals surface area contributed by atoms with E-state index in [1.807, 2.05) is 20.8 Å². The van der Waals surface area contributed by atoms with Crippen LogP contribution in [0.3, 0.4) is 0 Å². The highest BCUT2D eigenvalue weighted by molar-refractivity contribution is 6.30. The first-order valence-corrected chi connectivity index (χ1v) is 10.8. The van der Waals surface area contributed by atoms with Crippen molar-refractivity contribution in [1.29, 1.82) is 0 Å².